The van der Waals surface area contributed by atoms with Crippen molar-refractivity contribution < 1.29 is 27.6 Å². The number of thioether (sulfide) groups is 1. The first kappa shape index (κ1) is 22.6. The summed E-state index contributed by atoms with van der Waals surface area (Å²) in [4.78, 5) is 28.3. The van der Waals surface area contributed by atoms with Gasteiger partial charge in [0.1, 0.15) is 5.75 Å². The van der Waals surface area contributed by atoms with Gasteiger partial charge in [0, 0.05) is 20.2 Å². The van der Waals surface area contributed by atoms with Gasteiger partial charge in [0.25, 0.3) is 5.91 Å². The van der Waals surface area contributed by atoms with Crippen molar-refractivity contribution in [2.75, 3.05) is 14.1 Å². The number of nitro groups is 1. The Morgan fingerprint density at radius 3 is 2.45 bits per heavy atom. The fourth-order valence-electron chi connectivity index (χ4n) is 2.63. The Kier molecular flexibility index (Phi) is 6.27. The number of likely N-dealkylation sites (N-methyl/N-ethyl adjacent to an activating group) is 1. The second-order valence-corrected chi connectivity index (χ2v) is 7.63. The molecule has 1 aliphatic rings. The second-order valence-electron chi connectivity index (χ2n) is 6.21. The fourth-order valence-corrected chi connectivity index (χ4v) is 3.79. The Balaban J connectivity index is 1.89. The summed E-state index contributed by atoms with van der Waals surface area (Å²) in [6, 6.07) is 6.37. The second kappa shape index (κ2) is 8.60. The van der Waals surface area contributed by atoms with Crippen LogP contribution in [0.2, 0.25) is 5.02 Å². The van der Waals surface area contributed by atoms with Crippen molar-refractivity contribution in [2.24, 2.45) is 4.99 Å². The molecule has 162 valence electrons. The number of carbonyl (C=O) groups excluding carboxylic acids is 1. The zero-order valence-electron chi connectivity index (χ0n) is 15.9. The van der Waals surface area contributed by atoms with E-state index in [0.717, 1.165) is 6.07 Å². The molecule has 0 N–H and O–H groups in total. The molecule has 7 nitrogen and oxygen atoms in total. The molecule has 3 rings (SSSR count). The van der Waals surface area contributed by atoms with Crippen LogP contribution in [0, 0.1) is 10.1 Å². The molecule has 0 bridgehead atoms. The Bertz CT molecular complexity index is 1130. The van der Waals surface area contributed by atoms with Crippen LogP contribution in [0.3, 0.4) is 0 Å². The summed E-state index contributed by atoms with van der Waals surface area (Å²) in [5, 5.41) is 11.8. The van der Waals surface area contributed by atoms with Crippen LogP contribution in [-0.4, -0.2) is 35.0 Å². The van der Waals surface area contributed by atoms with E-state index in [-0.39, 0.29) is 16.7 Å². The van der Waals surface area contributed by atoms with Gasteiger partial charge < -0.3 is 4.74 Å². The standard InChI is InChI=1S/C19H13ClF3N3O4S/c1-24-18-25(2)17(27)16(31-18)8-10-3-5-14(12(20)7-10)30-15-6-4-11(19(21,22)23)9-13(15)26(28)29/h3-9H,1-2H3/b16-8-,24-18?. The number of halogens is 4. The van der Waals surface area contributed by atoms with E-state index in [1.807, 2.05) is 0 Å². The molecule has 0 aromatic heterocycles. The van der Waals surface area contributed by atoms with Crippen LogP contribution in [0.15, 0.2) is 46.3 Å². The Morgan fingerprint density at radius 1 is 1.23 bits per heavy atom. The lowest BCUT2D eigenvalue weighted by Crippen LogP contribution is -2.23. The van der Waals surface area contributed by atoms with Crippen LogP contribution in [0.4, 0.5) is 18.9 Å². The minimum absolute atomic E-state index is 0.00463. The number of rotatable bonds is 4. The first-order chi connectivity index (χ1) is 14.5. The lowest BCUT2D eigenvalue weighted by atomic mass is 10.1. The minimum atomic E-state index is -4.73. The number of ether oxygens (including phenoxy) is 1. The first-order valence-corrected chi connectivity index (χ1v) is 9.68. The number of alkyl halides is 3. The topological polar surface area (TPSA) is 85.0 Å². The molecule has 0 atom stereocenters. The molecule has 12 heteroatoms. The number of nitro benzene ring substituents is 1. The van der Waals surface area contributed by atoms with E-state index in [9.17, 15) is 28.1 Å². The van der Waals surface area contributed by atoms with Crippen molar-refractivity contribution in [2.45, 2.75) is 6.18 Å². The number of nitrogens with zero attached hydrogens (tertiary/aromatic N) is 3. The van der Waals surface area contributed by atoms with Crippen LogP contribution in [0.1, 0.15) is 11.1 Å². The van der Waals surface area contributed by atoms with E-state index in [1.54, 1.807) is 26.2 Å². The molecule has 1 saturated heterocycles. The molecule has 0 aliphatic carbocycles. The summed E-state index contributed by atoms with van der Waals surface area (Å²) in [5.41, 5.74) is -1.46. The molecule has 1 aliphatic heterocycles. The number of amidine groups is 1. The predicted octanol–water partition coefficient (Wildman–Crippen LogP) is 5.59. The van der Waals surface area contributed by atoms with Gasteiger partial charge in [0.2, 0.25) is 5.75 Å². The van der Waals surface area contributed by atoms with Gasteiger partial charge in [0.15, 0.2) is 5.17 Å². The van der Waals surface area contributed by atoms with Crippen molar-refractivity contribution >= 4 is 46.2 Å². The molecule has 31 heavy (non-hydrogen) atoms. The lowest BCUT2D eigenvalue weighted by molar-refractivity contribution is -0.385. The van der Waals surface area contributed by atoms with E-state index < -0.39 is 28.1 Å². The van der Waals surface area contributed by atoms with Gasteiger partial charge in [-0.2, -0.15) is 13.2 Å². The van der Waals surface area contributed by atoms with E-state index in [0.29, 0.717) is 27.8 Å². The molecule has 1 amide bonds. The van der Waals surface area contributed by atoms with Crippen molar-refractivity contribution in [1.29, 1.82) is 0 Å². The number of hydrogen-bond acceptors (Lipinski definition) is 6. The highest BCUT2D eigenvalue weighted by atomic mass is 35.5. The van der Waals surface area contributed by atoms with E-state index >= 15 is 0 Å². The van der Waals surface area contributed by atoms with Crippen LogP contribution in [-0.2, 0) is 11.0 Å². The molecule has 0 saturated carbocycles. The largest absolute Gasteiger partial charge is 0.449 e. The summed E-state index contributed by atoms with van der Waals surface area (Å²) in [5.74, 6) is -0.620. The van der Waals surface area contributed by atoms with Crippen molar-refractivity contribution in [3.63, 3.8) is 0 Å². The number of hydrogen-bond donors (Lipinski definition) is 0. The number of carbonyl (C=O) groups is 1. The van der Waals surface area contributed by atoms with Crippen molar-refractivity contribution in [3.8, 4) is 11.5 Å². The normalized spacial score (nSPS) is 17.0. The van der Waals surface area contributed by atoms with Crippen LogP contribution in [0.25, 0.3) is 6.08 Å². The van der Waals surface area contributed by atoms with Crippen molar-refractivity contribution in [3.05, 3.63) is 67.6 Å². The zero-order valence-corrected chi connectivity index (χ0v) is 17.5. The molecular formula is C19H13ClF3N3O4S. The predicted molar refractivity (Wildman–Crippen MR) is 111 cm³/mol. The monoisotopic (exact) mass is 471 g/mol. The third-order valence-electron chi connectivity index (χ3n) is 4.15. The summed E-state index contributed by atoms with van der Waals surface area (Å²) in [7, 11) is 3.16. The summed E-state index contributed by atoms with van der Waals surface area (Å²) in [6.45, 7) is 0. The van der Waals surface area contributed by atoms with Gasteiger partial charge in [0.05, 0.1) is 20.4 Å². The molecule has 0 spiro atoms. The van der Waals surface area contributed by atoms with E-state index in [1.165, 1.54) is 28.8 Å². The zero-order chi connectivity index (χ0) is 22.9. The fraction of sp³-hybridized carbons (Fsp3) is 0.158. The van der Waals surface area contributed by atoms with Crippen LogP contribution >= 0.6 is 23.4 Å². The Hall–Kier alpha value is -3.05. The maximum Gasteiger partial charge on any atom is 0.416 e. The highest BCUT2D eigenvalue weighted by Gasteiger charge is 2.33. The molecule has 0 radical (unpaired) electrons. The highest BCUT2D eigenvalue weighted by molar-refractivity contribution is 8.18. The highest BCUT2D eigenvalue weighted by Crippen LogP contribution is 2.40. The summed E-state index contributed by atoms with van der Waals surface area (Å²) in [6.07, 6.45) is -3.14. The molecule has 2 aromatic rings. The van der Waals surface area contributed by atoms with Crippen LogP contribution in [0.5, 0.6) is 11.5 Å². The van der Waals surface area contributed by atoms with Gasteiger partial charge >= 0.3 is 11.9 Å². The molecule has 1 fully saturated rings. The smallest absolute Gasteiger partial charge is 0.416 e. The van der Waals surface area contributed by atoms with Gasteiger partial charge in [-0.05, 0) is 47.7 Å². The van der Waals surface area contributed by atoms with Gasteiger partial charge in [-0.3, -0.25) is 24.8 Å². The first-order valence-electron chi connectivity index (χ1n) is 8.48. The summed E-state index contributed by atoms with van der Waals surface area (Å²) >= 11 is 7.38. The molecule has 2 aromatic carbocycles. The van der Waals surface area contributed by atoms with Crippen LogP contribution < -0.4 is 4.74 Å². The number of benzene rings is 2. The average molecular weight is 472 g/mol. The Morgan fingerprint density at radius 2 is 1.90 bits per heavy atom. The van der Waals surface area contributed by atoms with Gasteiger partial charge in [-0.15, -0.1) is 0 Å². The quantitative estimate of drug-likeness (QED) is 0.329. The van der Waals surface area contributed by atoms with E-state index in [4.69, 9.17) is 16.3 Å². The van der Waals surface area contributed by atoms with E-state index in [2.05, 4.69) is 4.99 Å². The molecule has 1 heterocycles. The third-order valence-corrected chi connectivity index (χ3v) is 5.60. The van der Waals surface area contributed by atoms with Crippen molar-refractivity contribution in [1.82, 2.24) is 4.90 Å². The van der Waals surface area contributed by atoms with Gasteiger partial charge in [-0.1, -0.05) is 17.7 Å². The number of amides is 1. The molecule has 0 unspecified atom stereocenters. The van der Waals surface area contributed by atoms with Gasteiger partial charge in [-0.25, -0.2) is 0 Å². The lowest BCUT2D eigenvalue weighted by Gasteiger charge is -2.11. The summed E-state index contributed by atoms with van der Waals surface area (Å²) < 4.78 is 43.9. The Labute approximate surface area is 183 Å². The number of aliphatic imine (C=N–C) groups is 1. The average Bonchev–Trinajstić information content (AvgIpc) is 2.97. The maximum atomic E-state index is 12.8. The minimum Gasteiger partial charge on any atom is -0.449 e. The SMILES string of the molecule is CN=C1S/C(=C\c2ccc(Oc3ccc(C(F)(F)F)cc3[N+](=O)[O-])c(Cl)c2)C(=O)N1C. The molecular weight excluding hydrogens is 459 g/mol. The third kappa shape index (κ3) is 4.83. The maximum absolute atomic E-state index is 12.8.